The van der Waals surface area contributed by atoms with Gasteiger partial charge in [-0.25, -0.2) is 4.79 Å². The summed E-state index contributed by atoms with van der Waals surface area (Å²) in [6.45, 7) is 5.36. The van der Waals surface area contributed by atoms with Crippen LogP contribution in [0.1, 0.15) is 26.7 Å². The lowest BCUT2D eigenvalue weighted by Gasteiger charge is -2.26. The molecule has 0 saturated heterocycles. The fourth-order valence-corrected chi connectivity index (χ4v) is 1.81. The molecule has 7 heteroatoms. The first-order chi connectivity index (χ1) is 9.50. The lowest BCUT2D eigenvalue weighted by atomic mass is 10.2. The molecule has 0 aliphatic carbocycles. The summed E-state index contributed by atoms with van der Waals surface area (Å²) >= 11 is 0. The average Bonchev–Trinajstić information content (AvgIpc) is 2.86. The number of carbonyl (C=O) groups excluding carboxylic acids is 1. The van der Waals surface area contributed by atoms with Gasteiger partial charge in [-0.1, -0.05) is 0 Å². The number of urea groups is 1. The summed E-state index contributed by atoms with van der Waals surface area (Å²) in [5, 5.41) is 15.5. The lowest BCUT2D eigenvalue weighted by molar-refractivity contribution is -0.137. The monoisotopic (exact) mass is 282 g/mol. The zero-order chi connectivity index (χ0) is 15.0. The Labute approximate surface area is 118 Å². The van der Waals surface area contributed by atoms with E-state index in [4.69, 9.17) is 5.11 Å². The molecule has 0 aliphatic heterocycles. The number of carboxylic acid groups (broad SMARTS) is 1. The van der Waals surface area contributed by atoms with Crippen LogP contribution in [0.5, 0.6) is 0 Å². The highest BCUT2D eigenvalue weighted by Crippen LogP contribution is 2.02. The van der Waals surface area contributed by atoms with Crippen molar-refractivity contribution in [2.75, 3.05) is 13.1 Å². The number of hydrogen-bond donors (Lipinski definition) is 2. The second kappa shape index (κ2) is 8.19. The number of amides is 2. The van der Waals surface area contributed by atoms with Gasteiger partial charge in [0.05, 0.1) is 6.54 Å². The third-order valence-electron chi connectivity index (χ3n) is 2.85. The van der Waals surface area contributed by atoms with Gasteiger partial charge in [0.15, 0.2) is 0 Å². The Hall–Kier alpha value is -2.05. The van der Waals surface area contributed by atoms with Gasteiger partial charge < -0.3 is 15.3 Å². The van der Waals surface area contributed by atoms with Crippen LogP contribution in [0.4, 0.5) is 4.79 Å². The molecule has 0 aromatic carbocycles. The van der Waals surface area contributed by atoms with Gasteiger partial charge in [0.25, 0.3) is 0 Å². The van der Waals surface area contributed by atoms with Gasteiger partial charge >= 0.3 is 12.0 Å². The number of nitrogens with one attached hydrogen (secondary N) is 1. The normalized spacial score (nSPS) is 10.6. The molecule has 7 nitrogen and oxygen atoms in total. The van der Waals surface area contributed by atoms with E-state index >= 15 is 0 Å². The van der Waals surface area contributed by atoms with E-state index in [0.29, 0.717) is 26.1 Å². The van der Waals surface area contributed by atoms with E-state index < -0.39 is 5.97 Å². The molecule has 2 amide bonds. The molecule has 0 atom stereocenters. The average molecular weight is 282 g/mol. The molecule has 0 aliphatic rings. The molecule has 20 heavy (non-hydrogen) atoms. The van der Waals surface area contributed by atoms with Gasteiger partial charge in [0.2, 0.25) is 0 Å². The summed E-state index contributed by atoms with van der Waals surface area (Å²) < 4.78 is 1.74. The van der Waals surface area contributed by atoms with Crippen molar-refractivity contribution in [2.24, 2.45) is 0 Å². The summed E-state index contributed by atoms with van der Waals surface area (Å²) in [4.78, 5) is 24.2. The third-order valence-corrected chi connectivity index (χ3v) is 2.85. The van der Waals surface area contributed by atoms with Crippen LogP contribution in [0.15, 0.2) is 18.5 Å². The molecular weight excluding hydrogens is 260 g/mol. The predicted octanol–water partition coefficient (Wildman–Crippen LogP) is 1.17. The summed E-state index contributed by atoms with van der Waals surface area (Å²) in [6, 6.07) is 1.69. The highest BCUT2D eigenvalue weighted by atomic mass is 16.4. The van der Waals surface area contributed by atoms with Crippen molar-refractivity contribution < 1.29 is 14.7 Å². The SMILES string of the molecule is CC(C)N(CCCC(=O)O)C(=O)NCCn1cccn1. The first-order valence-corrected chi connectivity index (χ1v) is 6.74. The molecule has 0 bridgehead atoms. The van der Waals surface area contributed by atoms with E-state index in [1.807, 2.05) is 26.1 Å². The molecule has 1 rings (SSSR count). The number of nitrogens with zero attached hydrogens (tertiary/aromatic N) is 3. The number of aromatic nitrogens is 2. The first kappa shape index (κ1) is 16.0. The Morgan fingerprint density at radius 2 is 2.20 bits per heavy atom. The van der Waals surface area contributed by atoms with Gasteiger partial charge in [0.1, 0.15) is 0 Å². The van der Waals surface area contributed by atoms with Crippen molar-refractivity contribution in [3.8, 4) is 0 Å². The van der Waals surface area contributed by atoms with E-state index in [-0.39, 0.29) is 18.5 Å². The van der Waals surface area contributed by atoms with Crippen molar-refractivity contribution in [1.82, 2.24) is 20.0 Å². The highest BCUT2D eigenvalue weighted by molar-refractivity contribution is 5.74. The minimum Gasteiger partial charge on any atom is -0.481 e. The van der Waals surface area contributed by atoms with Crippen LogP contribution in [0, 0.1) is 0 Å². The molecule has 0 radical (unpaired) electrons. The maximum atomic E-state index is 12.0. The zero-order valence-electron chi connectivity index (χ0n) is 12.0. The number of aliphatic carboxylic acids is 1. The van der Waals surface area contributed by atoms with Crippen LogP contribution in [0.25, 0.3) is 0 Å². The Bertz CT molecular complexity index is 417. The van der Waals surface area contributed by atoms with Crippen LogP contribution in [-0.2, 0) is 11.3 Å². The number of carbonyl (C=O) groups is 2. The van der Waals surface area contributed by atoms with E-state index in [0.717, 1.165) is 0 Å². The van der Waals surface area contributed by atoms with Crippen LogP contribution in [0.2, 0.25) is 0 Å². The minimum absolute atomic E-state index is 0.0356. The predicted molar refractivity (Wildman–Crippen MR) is 74.3 cm³/mol. The Balaban J connectivity index is 2.33. The maximum Gasteiger partial charge on any atom is 0.317 e. The summed E-state index contributed by atoms with van der Waals surface area (Å²) in [7, 11) is 0. The van der Waals surface area contributed by atoms with Crippen LogP contribution in [-0.4, -0.2) is 50.9 Å². The van der Waals surface area contributed by atoms with E-state index in [1.54, 1.807) is 15.8 Å². The van der Waals surface area contributed by atoms with Crippen LogP contribution >= 0.6 is 0 Å². The van der Waals surface area contributed by atoms with Crippen molar-refractivity contribution in [3.05, 3.63) is 18.5 Å². The van der Waals surface area contributed by atoms with Gasteiger partial charge in [-0.15, -0.1) is 0 Å². The standard InChI is InChI=1S/C13H22N4O3/c1-11(2)17(9-3-5-12(18)19)13(20)14-7-10-16-8-4-6-15-16/h4,6,8,11H,3,5,7,9-10H2,1-2H3,(H,14,20)(H,18,19). The van der Waals surface area contributed by atoms with E-state index in [9.17, 15) is 9.59 Å². The van der Waals surface area contributed by atoms with Gasteiger partial charge in [-0.3, -0.25) is 9.48 Å². The topological polar surface area (TPSA) is 87.5 Å². The zero-order valence-corrected chi connectivity index (χ0v) is 12.0. The molecule has 0 saturated carbocycles. The van der Waals surface area contributed by atoms with Gasteiger partial charge in [0, 0.05) is 37.9 Å². The quantitative estimate of drug-likeness (QED) is 0.749. The van der Waals surface area contributed by atoms with E-state index in [1.165, 1.54) is 0 Å². The summed E-state index contributed by atoms with van der Waals surface area (Å²) in [5.74, 6) is -0.840. The molecule has 0 fully saturated rings. The van der Waals surface area contributed by atoms with Gasteiger partial charge in [-0.2, -0.15) is 5.10 Å². The molecule has 112 valence electrons. The Morgan fingerprint density at radius 3 is 2.75 bits per heavy atom. The molecule has 2 N–H and O–H groups in total. The molecule has 0 unspecified atom stereocenters. The molecule has 1 aromatic heterocycles. The molecular formula is C13H22N4O3. The largest absolute Gasteiger partial charge is 0.481 e. The van der Waals surface area contributed by atoms with Gasteiger partial charge in [-0.05, 0) is 26.3 Å². The van der Waals surface area contributed by atoms with Crippen molar-refractivity contribution in [2.45, 2.75) is 39.3 Å². The molecule has 0 spiro atoms. The Kier molecular flexibility index (Phi) is 6.55. The van der Waals surface area contributed by atoms with Crippen molar-refractivity contribution >= 4 is 12.0 Å². The minimum atomic E-state index is -0.840. The molecule has 1 aromatic rings. The fraction of sp³-hybridized carbons (Fsp3) is 0.615. The fourth-order valence-electron chi connectivity index (χ4n) is 1.81. The van der Waals surface area contributed by atoms with Crippen molar-refractivity contribution in [1.29, 1.82) is 0 Å². The first-order valence-electron chi connectivity index (χ1n) is 6.74. The second-order valence-electron chi connectivity index (χ2n) is 4.79. The second-order valence-corrected chi connectivity index (χ2v) is 4.79. The Morgan fingerprint density at radius 1 is 1.45 bits per heavy atom. The third kappa shape index (κ3) is 5.73. The lowest BCUT2D eigenvalue weighted by Crippen LogP contribution is -2.45. The van der Waals surface area contributed by atoms with Crippen LogP contribution in [0.3, 0.4) is 0 Å². The van der Waals surface area contributed by atoms with Crippen LogP contribution < -0.4 is 5.32 Å². The van der Waals surface area contributed by atoms with E-state index in [2.05, 4.69) is 10.4 Å². The molecule has 1 heterocycles. The smallest absolute Gasteiger partial charge is 0.317 e. The number of rotatable bonds is 8. The number of hydrogen-bond acceptors (Lipinski definition) is 3. The summed E-state index contributed by atoms with van der Waals surface area (Å²) in [6.07, 6.45) is 4.05. The summed E-state index contributed by atoms with van der Waals surface area (Å²) in [5.41, 5.74) is 0. The number of carboxylic acids is 1. The maximum absolute atomic E-state index is 12.0. The highest BCUT2D eigenvalue weighted by Gasteiger charge is 2.16. The van der Waals surface area contributed by atoms with Crippen molar-refractivity contribution in [3.63, 3.8) is 0 Å².